The SMILES string of the molecule is CC[C@@H](C)C(=O)O[C@H]1C(=O)c2c(O)cc(OC)cc2O[C@@H]1c1ccccc1. The first-order valence-electron chi connectivity index (χ1n) is 8.83. The molecule has 0 unspecified atom stereocenters. The van der Waals surface area contributed by atoms with Crippen molar-refractivity contribution in [3.05, 3.63) is 53.6 Å². The summed E-state index contributed by atoms with van der Waals surface area (Å²) < 4.78 is 16.7. The average Bonchev–Trinajstić information content (AvgIpc) is 2.69. The van der Waals surface area contributed by atoms with Crippen molar-refractivity contribution in [1.82, 2.24) is 0 Å². The van der Waals surface area contributed by atoms with Gasteiger partial charge in [-0.1, -0.05) is 44.2 Å². The molecule has 2 aromatic rings. The molecule has 3 atom stereocenters. The van der Waals surface area contributed by atoms with Crippen molar-refractivity contribution < 1.29 is 28.9 Å². The van der Waals surface area contributed by atoms with Crippen LogP contribution in [0.3, 0.4) is 0 Å². The van der Waals surface area contributed by atoms with Gasteiger partial charge in [0.25, 0.3) is 0 Å². The number of hydrogen-bond donors (Lipinski definition) is 1. The Balaban J connectivity index is 2.05. The summed E-state index contributed by atoms with van der Waals surface area (Å²) in [6, 6.07) is 11.9. The van der Waals surface area contributed by atoms with Crippen LogP contribution in [0.1, 0.15) is 42.3 Å². The van der Waals surface area contributed by atoms with Gasteiger partial charge in [-0.3, -0.25) is 9.59 Å². The molecule has 0 spiro atoms. The fourth-order valence-corrected chi connectivity index (χ4v) is 2.92. The van der Waals surface area contributed by atoms with E-state index in [0.29, 0.717) is 17.7 Å². The quantitative estimate of drug-likeness (QED) is 0.809. The zero-order valence-corrected chi connectivity index (χ0v) is 15.5. The first kappa shape index (κ1) is 18.8. The van der Waals surface area contributed by atoms with Crippen molar-refractivity contribution in [2.24, 2.45) is 5.92 Å². The van der Waals surface area contributed by atoms with Crippen molar-refractivity contribution in [2.75, 3.05) is 7.11 Å². The van der Waals surface area contributed by atoms with Crippen LogP contribution >= 0.6 is 0 Å². The van der Waals surface area contributed by atoms with E-state index in [1.54, 1.807) is 19.1 Å². The number of methoxy groups -OCH3 is 1. The number of Topliss-reactive ketones (excluding diaryl/α,β-unsaturated/α-hetero) is 1. The number of hydrogen-bond acceptors (Lipinski definition) is 6. The Morgan fingerprint density at radius 2 is 1.96 bits per heavy atom. The number of rotatable bonds is 5. The summed E-state index contributed by atoms with van der Waals surface area (Å²) in [5.41, 5.74) is 0.686. The van der Waals surface area contributed by atoms with Gasteiger partial charge in [0.15, 0.2) is 6.10 Å². The molecular formula is C21H22O6. The summed E-state index contributed by atoms with van der Waals surface area (Å²) in [6.07, 6.45) is -1.40. The summed E-state index contributed by atoms with van der Waals surface area (Å²) in [4.78, 5) is 25.5. The summed E-state index contributed by atoms with van der Waals surface area (Å²) in [5.74, 6) is -1.04. The van der Waals surface area contributed by atoms with Gasteiger partial charge in [0.1, 0.15) is 22.8 Å². The van der Waals surface area contributed by atoms with Crippen molar-refractivity contribution >= 4 is 11.8 Å². The largest absolute Gasteiger partial charge is 0.507 e. The van der Waals surface area contributed by atoms with Gasteiger partial charge in [-0.15, -0.1) is 0 Å². The van der Waals surface area contributed by atoms with E-state index in [4.69, 9.17) is 14.2 Å². The number of carbonyl (C=O) groups excluding carboxylic acids is 2. The van der Waals surface area contributed by atoms with Gasteiger partial charge in [-0.25, -0.2) is 0 Å². The highest BCUT2D eigenvalue weighted by atomic mass is 16.6. The third-order valence-electron chi connectivity index (χ3n) is 4.71. The van der Waals surface area contributed by atoms with E-state index < -0.39 is 24.0 Å². The number of benzene rings is 2. The minimum Gasteiger partial charge on any atom is -0.507 e. The Kier molecular flexibility index (Phi) is 5.35. The monoisotopic (exact) mass is 370 g/mol. The molecule has 1 aliphatic rings. The van der Waals surface area contributed by atoms with E-state index in [9.17, 15) is 14.7 Å². The molecule has 0 saturated heterocycles. The topological polar surface area (TPSA) is 82.1 Å². The van der Waals surface area contributed by atoms with Gasteiger partial charge in [-0.05, 0) is 12.0 Å². The maximum atomic E-state index is 13.1. The average molecular weight is 370 g/mol. The maximum Gasteiger partial charge on any atom is 0.309 e. The van der Waals surface area contributed by atoms with Crippen LogP contribution < -0.4 is 9.47 Å². The van der Waals surface area contributed by atoms with Crippen molar-refractivity contribution in [2.45, 2.75) is 32.5 Å². The molecule has 2 aromatic carbocycles. The predicted molar refractivity (Wildman–Crippen MR) is 98.1 cm³/mol. The predicted octanol–water partition coefficient (Wildman–Crippen LogP) is 3.68. The van der Waals surface area contributed by atoms with Gasteiger partial charge in [0.2, 0.25) is 11.9 Å². The van der Waals surface area contributed by atoms with Gasteiger partial charge < -0.3 is 19.3 Å². The van der Waals surface area contributed by atoms with E-state index in [-0.39, 0.29) is 23.0 Å². The summed E-state index contributed by atoms with van der Waals surface area (Å²) in [5, 5.41) is 10.3. The van der Waals surface area contributed by atoms with Crippen LogP contribution in [-0.2, 0) is 9.53 Å². The normalized spacial score (nSPS) is 19.6. The van der Waals surface area contributed by atoms with E-state index in [0.717, 1.165) is 0 Å². The maximum absolute atomic E-state index is 13.1. The van der Waals surface area contributed by atoms with Crippen LogP contribution in [-0.4, -0.2) is 30.1 Å². The highest BCUT2D eigenvalue weighted by molar-refractivity contribution is 6.06. The molecule has 27 heavy (non-hydrogen) atoms. The van der Waals surface area contributed by atoms with Crippen LogP contribution in [0.2, 0.25) is 0 Å². The molecule has 1 aliphatic heterocycles. The van der Waals surface area contributed by atoms with Gasteiger partial charge in [0.05, 0.1) is 13.0 Å². The third-order valence-corrected chi connectivity index (χ3v) is 4.71. The fraction of sp³-hybridized carbons (Fsp3) is 0.333. The van der Waals surface area contributed by atoms with Gasteiger partial charge in [-0.2, -0.15) is 0 Å². The molecule has 0 radical (unpaired) electrons. The smallest absolute Gasteiger partial charge is 0.309 e. The Morgan fingerprint density at radius 3 is 2.59 bits per heavy atom. The zero-order valence-electron chi connectivity index (χ0n) is 15.5. The number of fused-ring (bicyclic) bond motifs is 1. The van der Waals surface area contributed by atoms with E-state index in [1.165, 1.54) is 19.2 Å². The van der Waals surface area contributed by atoms with Crippen LogP contribution in [0.5, 0.6) is 17.2 Å². The van der Waals surface area contributed by atoms with Crippen LogP contribution in [0.4, 0.5) is 0 Å². The Morgan fingerprint density at radius 1 is 1.26 bits per heavy atom. The molecule has 0 saturated carbocycles. The van der Waals surface area contributed by atoms with Crippen molar-refractivity contribution in [1.29, 1.82) is 0 Å². The van der Waals surface area contributed by atoms with E-state index >= 15 is 0 Å². The summed E-state index contributed by atoms with van der Waals surface area (Å²) >= 11 is 0. The number of phenols is 1. The second-order valence-corrected chi connectivity index (χ2v) is 6.50. The molecule has 0 aromatic heterocycles. The molecule has 0 bridgehead atoms. The van der Waals surface area contributed by atoms with Crippen LogP contribution in [0.25, 0.3) is 0 Å². The molecule has 1 N–H and O–H groups in total. The highest BCUT2D eigenvalue weighted by Gasteiger charge is 2.43. The van der Waals surface area contributed by atoms with Crippen molar-refractivity contribution in [3.8, 4) is 17.2 Å². The molecule has 142 valence electrons. The third kappa shape index (κ3) is 3.60. The number of carbonyl (C=O) groups is 2. The molecule has 1 heterocycles. The molecule has 6 nitrogen and oxygen atoms in total. The standard InChI is InChI=1S/C21H22O6/c1-4-12(2)21(24)27-20-18(23)17-15(22)10-14(25-3)11-16(17)26-19(20)13-8-6-5-7-9-13/h5-12,19-20,22H,4H2,1-3H3/t12-,19-,20+/m1/s1. The van der Waals surface area contributed by atoms with Crippen LogP contribution in [0.15, 0.2) is 42.5 Å². The lowest BCUT2D eigenvalue weighted by Gasteiger charge is -2.33. The van der Waals surface area contributed by atoms with Crippen molar-refractivity contribution in [3.63, 3.8) is 0 Å². The lowest BCUT2D eigenvalue weighted by Crippen LogP contribution is -2.40. The number of phenolic OH excluding ortho intramolecular Hbond substituents is 1. The molecular weight excluding hydrogens is 348 g/mol. The molecule has 0 fully saturated rings. The number of ether oxygens (including phenoxy) is 3. The molecule has 0 aliphatic carbocycles. The minimum absolute atomic E-state index is 0.00932. The summed E-state index contributed by atoms with van der Waals surface area (Å²) in [6.45, 7) is 3.61. The fourth-order valence-electron chi connectivity index (χ4n) is 2.92. The Hall–Kier alpha value is -3.02. The van der Waals surface area contributed by atoms with E-state index in [1.807, 2.05) is 25.1 Å². The van der Waals surface area contributed by atoms with Gasteiger partial charge >= 0.3 is 5.97 Å². The Bertz CT molecular complexity index is 845. The number of aromatic hydroxyl groups is 1. The number of ketones is 1. The lowest BCUT2D eigenvalue weighted by molar-refractivity contribution is -0.156. The second-order valence-electron chi connectivity index (χ2n) is 6.50. The zero-order chi connectivity index (χ0) is 19.6. The van der Waals surface area contributed by atoms with Crippen LogP contribution in [0, 0.1) is 5.92 Å². The minimum atomic E-state index is -1.18. The first-order chi connectivity index (χ1) is 13.0. The Labute approximate surface area is 157 Å². The number of esters is 1. The lowest BCUT2D eigenvalue weighted by atomic mass is 9.92. The van der Waals surface area contributed by atoms with Gasteiger partial charge in [0, 0.05) is 12.1 Å². The molecule has 0 amide bonds. The first-order valence-corrected chi connectivity index (χ1v) is 8.83. The molecule has 3 rings (SSSR count). The molecule has 6 heteroatoms. The second kappa shape index (κ2) is 7.70. The highest BCUT2D eigenvalue weighted by Crippen LogP contribution is 2.43. The summed E-state index contributed by atoms with van der Waals surface area (Å²) in [7, 11) is 1.46. The van der Waals surface area contributed by atoms with E-state index in [2.05, 4.69) is 0 Å².